The number of aromatic nitrogens is 4. The van der Waals surface area contributed by atoms with Gasteiger partial charge >= 0.3 is 0 Å². The fourth-order valence-corrected chi connectivity index (χ4v) is 1.18. The van der Waals surface area contributed by atoms with Crippen molar-refractivity contribution in [3.63, 3.8) is 0 Å². The van der Waals surface area contributed by atoms with Crippen LogP contribution in [0.1, 0.15) is 0 Å². The van der Waals surface area contributed by atoms with Crippen molar-refractivity contribution in [1.29, 1.82) is 0 Å². The van der Waals surface area contributed by atoms with Crippen LogP contribution in [0.5, 0.6) is 0 Å². The number of nitrogens with zero attached hydrogens (tertiary/aromatic N) is 3. The van der Waals surface area contributed by atoms with Crippen molar-refractivity contribution in [3.05, 3.63) is 24.9 Å². The average Bonchev–Trinajstić information content (AvgIpc) is 2.78. The first-order valence-corrected chi connectivity index (χ1v) is 4.35. The molecular weight excluding hydrogens is 180 g/mol. The van der Waals surface area contributed by atoms with Gasteiger partial charge in [-0.15, -0.1) is 0 Å². The molecule has 6 nitrogen and oxygen atoms in total. The summed E-state index contributed by atoms with van der Waals surface area (Å²) in [6, 6.07) is 0. The molecule has 0 aromatic carbocycles. The lowest BCUT2D eigenvalue weighted by Crippen LogP contribution is -2.09. The van der Waals surface area contributed by atoms with Crippen molar-refractivity contribution in [2.75, 3.05) is 17.6 Å². The van der Waals surface area contributed by atoms with Crippen molar-refractivity contribution < 1.29 is 0 Å². The molecule has 14 heavy (non-hydrogen) atoms. The maximum atomic E-state index is 5.60. The Kier molecular flexibility index (Phi) is 2.35. The third kappa shape index (κ3) is 1.85. The summed E-state index contributed by atoms with van der Waals surface area (Å²) in [4.78, 5) is 3.95. The van der Waals surface area contributed by atoms with Crippen molar-refractivity contribution in [3.8, 4) is 0 Å². The highest BCUT2D eigenvalue weighted by Gasteiger charge is 1.98. The Bertz CT molecular complexity index is 376. The highest BCUT2D eigenvalue weighted by molar-refractivity contribution is 5.59. The van der Waals surface area contributed by atoms with Crippen LogP contribution in [0.15, 0.2) is 24.9 Å². The van der Waals surface area contributed by atoms with Gasteiger partial charge < -0.3 is 15.6 Å². The SMILES string of the molecule is Nc1[nH]ncc1NCCn1ccnc1. The van der Waals surface area contributed by atoms with Crippen LogP contribution in [-0.4, -0.2) is 26.3 Å². The van der Waals surface area contributed by atoms with Crippen molar-refractivity contribution in [2.45, 2.75) is 6.54 Å². The highest BCUT2D eigenvalue weighted by Crippen LogP contribution is 2.11. The molecule has 0 fully saturated rings. The Hall–Kier alpha value is -1.98. The van der Waals surface area contributed by atoms with Gasteiger partial charge in [0.1, 0.15) is 5.82 Å². The largest absolute Gasteiger partial charge is 0.382 e. The number of anilines is 2. The molecule has 0 amide bonds. The summed E-state index contributed by atoms with van der Waals surface area (Å²) in [5.74, 6) is 0.565. The molecule has 6 heteroatoms. The maximum Gasteiger partial charge on any atom is 0.142 e. The molecule has 0 aliphatic rings. The Labute approximate surface area is 81.1 Å². The monoisotopic (exact) mass is 192 g/mol. The molecule has 2 rings (SSSR count). The fraction of sp³-hybridized carbons (Fsp3) is 0.250. The van der Waals surface area contributed by atoms with Gasteiger partial charge in [0.15, 0.2) is 0 Å². The molecule has 0 atom stereocenters. The van der Waals surface area contributed by atoms with Gasteiger partial charge in [0.2, 0.25) is 0 Å². The van der Waals surface area contributed by atoms with Crippen LogP contribution < -0.4 is 11.1 Å². The van der Waals surface area contributed by atoms with E-state index in [1.165, 1.54) is 0 Å². The van der Waals surface area contributed by atoms with E-state index in [-0.39, 0.29) is 0 Å². The van der Waals surface area contributed by atoms with Crippen molar-refractivity contribution >= 4 is 11.5 Å². The number of aromatic amines is 1. The van der Waals surface area contributed by atoms with Crippen LogP contribution in [-0.2, 0) is 6.54 Å². The van der Waals surface area contributed by atoms with Crippen molar-refractivity contribution in [2.24, 2.45) is 0 Å². The number of nitrogens with one attached hydrogen (secondary N) is 2. The van der Waals surface area contributed by atoms with Gasteiger partial charge in [0, 0.05) is 25.5 Å². The first-order chi connectivity index (χ1) is 6.86. The quantitative estimate of drug-likeness (QED) is 0.650. The molecule has 0 saturated heterocycles. The minimum Gasteiger partial charge on any atom is -0.382 e. The van der Waals surface area contributed by atoms with E-state index in [2.05, 4.69) is 20.5 Å². The zero-order valence-electron chi connectivity index (χ0n) is 7.64. The van der Waals surface area contributed by atoms with E-state index in [0.717, 1.165) is 18.8 Å². The van der Waals surface area contributed by atoms with Gasteiger partial charge in [-0.2, -0.15) is 5.10 Å². The molecular formula is C8H12N6. The van der Waals surface area contributed by atoms with Gasteiger partial charge in [-0.1, -0.05) is 0 Å². The molecule has 2 aromatic rings. The van der Waals surface area contributed by atoms with Gasteiger partial charge in [-0.05, 0) is 0 Å². The van der Waals surface area contributed by atoms with Crippen LogP contribution in [0, 0.1) is 0 Å². The second-order valence-corrected chi connectivity index (χ2v) is 2.92. The van der Waals surface area contributed by atoms with Crippen LogP contribution in [0.2, 0.25) is 0 Å². The molecule has 2 heterocycles. The summed E-state index contributed by atoms with van der Waals surface area (Å²) < 4.78 is 1.99. The van der Waals surface area contributed by atoms with Crippen LogP contribution in [0.25, 0.3) is 0 Å². The van der Waals surface area contributed by atoms with Gasteiger partial charge in [0.25, 0.3) is 0 Å². The number of hydrogen-bond acceptors (Lipinski definition) is 4. The molecule has 0 aliphatic carbocycles. The van der Waals surface area contributed by atoms with E-state index >= 15 is 0 Å². The maximum absolute atomic E-state index is 5.60. The minimum atomic E-state index is 0.565. The summed E-state index contributed by atoms with van der Waals surface area (Å²) in [5, 5.41) is 9.63. The molecule has 0 bridgehead atoms. The standard InChI is InChI=1S/C8H12N6/c9-8-7(5-12-13-8)11-2-4-14-3-1-10-6-14/h1,3,5-6,11H,2,4H2,(H3,9,12,13). The van der Waals surface area contributed by atoms with E-state index in [1.54, 1.807) is 18.7 Å². The van der Waals surface area contributed by atoms with E-state index in [4.69, 9.17) is 5.73 Å². The van der Waals surface area contributed by atoms with Crippen LogP contribution in [0.4, 0.5) is 11.5 Å². The lowest BCUT2D eigenvalue weighted by atomic mass is 10.5. The molecule has 0 radical (unpaired) electrons. The Morgan fingerprint density at radius 2 is 2.50 bits per heavy atom. The zero-order chi connectivity index (χ0) is 9.80. The summed E-state index contributed by atoms with van der Waals surface area (Å²) in [7, 11) is 0. The summed E-state index contributed by atoms with van der Waals surface area (Å²) in [6.45, 7) is 1.64. The first-order valence-electron chi connectivity index (χ1n) is 4.35. The predicted octanol–water partition coefficient (Wildman–Crippen LogP) is 0.300. The summed E-state index contributed by atoms with van der Waals surface area (Å²) >= 11 is 0. The lowest BCUT2D eigenvalue weighted by molar-refractivity contribution is 0.727. The number of hydrogen-bond donors (Lipinski definition) is 3. The molecule has 4 N–H and O–H groups in total. The number of rotatable bonds is 4. The zero-order valence-corrected chi connectivity index (χ0v) is 7.64. The molecule has 74 valence electrons. The summed E-state index contributed by atoms with van der Waals surface area (Å²) in [5.41, 5.74) is 6.44. The first kappa shape index (κ1) is 8.61. The summed E-state index contributed by atoms with van der Waals surface area (Å²) in [6.07, 6.45) is 7.12. The topological polar surface area (TPSA) is 84.5 Å². The Balaban J connectivity index is 1.81. The van der Waals surface area contributed by atoms with E-state index < -0.39 is 0 Å². The fourth-order valence-electron chi connectivity index (χ4n) is 1.18. The van der Waals surface area contributed by atoms with Gasteiger partial charge in [0.05, 0.1) is 18.2 Å². The van der Waals surface area contributed by atoms with E-state index in [9.17, 15) is 0 Å². The van der Waals surface area contributed by atoms with Crippen molar-refractivity contribution in [1.82, 2.24) is 19.7 Å². The average molecular weight is 192 g/mol. The molecule has 0 saturated carbocycles. The molecule has 0 spiro atoms. The van der Waals surface area contributed by atoms with E-state index in [1.807, 2.05) is 10.8 Å². The van der Waals surface area contributed by atoms with Gasteiger partial charge in [-0.25, -0.2) is 4.98 Å². The highest BCUT2D eigenvalue weighted by atomic mass is 15.2. The number of nitrogen functional groups attached to an aromatic ring is 1. The second kappa shape index (κ2) is 3.82. The lowest BCUT2D eigenvalue weighted by Gasteiger charge is -2.04. The third-order valence-electron chi connectivity index (χ3n) is 1.91. The van der Waals surface area contributed by atoms with Crippen LogP contribution >= 0.6 is 0 Å². The minimum absolute atomic E-state index is 0.565. The van der Waals surface area contributed by atoms with Crippen LogP contribution in [0.3, 0.4) is 0 Å². The normalized spacial score (nSPS) is 10.3. The predicted molar refractivity (Wildman–Crippen MR) is 53.7 cm³/mol. The Morgan fingerprint density at radius 1 is 1.57 bits per heavy atom. The van der Waals surface area contributed by atoms with E-state index in [0.29, 0.717) is 5.82 Å². The van der Waals surface area contributed by atoms with Gasteiger partial charge in [-0.3, -0.25) is 5.10 Å². The second-order valence-electron chi connectivity index (χ2n) is 2.92. The Morgan fingerprint density at radius 3 is 3.14 bits per heavy atom. The smallest absolute Gasteiger partial charge is 0.142 e. The third-order valence-corrected chi connectivity index (χ3v) is 1.91. The number of imidazole rings is 1. The molecule has 0 unspecified atom stereocenters. The number of nitrogens with two attached hydrogens (primary N) is 1. The number of H-pyrrole nitrogens is 1. The molecule has 0 aliphatic heterocycles. The molecule has 2 aromatic heterocycles.